The molecule has 2 aromatic heterocycles. The highest BCUT2D eigenvalue weighted by Crippen LogP contribution is 2.27. The molecular formula is C19H15F2N5OS. The molecule has 0 unspecified atom stereocenters. The van der Waals surface area contributed by atoms with Crippen LogP contribution in [0.3, 0.4) is 0 Å². The quantitative estimate of drug-likeness (QED) is 0.716. The zero-order chi connectivity index (χ0) is 19.7. The summed E-state index contributed by atoms with van der Waals surface area (Å²) < 4.78 is 29.3. The number of thiazole rings is 1. The molecule has 2 amide bonds. The average molecular weight is 399 g/mol. The van der Waals surface area contributed by atoms with E-state index in [1.54, 1.807) is 23.2 Å². The maximum Gasteiger partial charge on any atom is 0.326 e. The van der Waals surface area contributed by atoms with Gasteiger partial charge in [0.1, 0.15) is 28.0 Å². The summed E-state index contributed by atoms with van der Waals surface area (Å²) in [5.74, 6) is -1.66. The summed E-state index contributed by atoms with van der Waals surface area (Å²) in [6, 6.07) is 4.69. The van der Waals surface area contributed by atoms with Crippen LogP contribution in [-0.2, 0) is 7.05 Å². The van der Waals surface area contributed by atoms with Crippen LogP contribution in [0, 0.1) is 11.6 Å². The van der Waals surface area contributed by atoms with Crippen molar-refractivity contribution >= 4 is 28.6 Å². The maximum absolute atomic E-state index is 13.8. The summed E-state index contributed by atoms with van der Waals surface area (Å²) in [6.45, 7) is 0.231. The van der Waals surface area contributed by atoms with E-state index < -0.39 is 23.4 Å². The molecule has 9 heteroatoms. The van der Waals surface area contributed by atoms with Crippen molar-refractivity contribution in [1.82, 2.24) is 19.7 Å². The number of aryl methyl sites for hydroxylation is 1. The molecule has 1 aromatic carbocycles. The molecule has 0 saturated heterocycles. The van der Waals surface area contributed by atoms with E-state index in [1.165, 1.54) is 22.3 Å². The van der Waals surface area contributed by atoms with Crippen molar-refractivity contribution in [2.24, 2.45) is 7.05 Å². The molecule has 0 aliphatic carbocycles. The van der Waals surface area contributed by atoms with E-state index >= 15 is 0 Å². The number of carbonyl (C=O) groups is 1. The summed E-state index contributed by atoms with van der Waals surface area (Å²) >= 11 is 1.49. The van der Waals surface area contributed by atoms with Crippen LogP contribution < -0.4 is 5.32 Å². The van der Waals surface area contributed by atoms with E-state index in [4.69, 9.17) is 0 Å². The summed E-state index contributed by atoms with van der Waals surface area (Å²) in [7, 11) is 1.81. The SMILES string of the molecule is Cn1nc(-c2nccs2)cc1C1=CC=CN(C(=O)Nc2c(F)cccc2F)C1. The minimum absolute atomic E-state index is 0.231. The summed E-state index contributed by atoms with van der Waals surface area (Å²) in [5.41, 5.74) is 1.94. The molecule has 0 bridgehead atoms. The first kappa shape index (κ1) is 18.1. The fraction of sp³-hybridized carbons (Fsp3) is 0.105. The lowest BCUT2D eigenvalue weighted by molar-refractivity contribution is 0.232. The van der Waals surface area contributed by atoms with Crippen molar-refractivity contribution in [3.63, 3.8) is 0 Å². The van der Waals surface area contributed by atoms with Crippen LogP contribution in [-0.4, -0.2) is 32.2 Å². The summed E-state index contributed by atoms with van der Waals surface area (Å²) in [4.78, 5) is 18.1. The van der Waals surface area contributed by atoms with Crippen LogP contribution in [0.25, 0.3) is 16.3 Å². The number of rotatable bonds is 3. The Hall–Kier alpha value is -3.33. The van der Waals surface area contributed by atoms with Gasteiger partial charge in [-0.3, -0.25) is 9.58 Å². The molecule has 6 nitrogen and oxygen atoms in total. The number of aromatic nitrogens is 3. The van der Waals surface area contributed by atoms with Crippen molar-refractivity contribution in [3.8, 4) is 10.7 Å². The number of allylic oxidation sites excluding steroid dienone is 2. The lowest BCUT2D eigenvalue weighted by Gasteiger charge is -2.23. The number of para-hydroxylation sites is 1. The van der Waals surface area contributed by atoms with Crippen molar-refractivity contribution in [2.75, 3.05) is 11.9 Å². The molecule has 1 aliphatic rings. The fourth-order valence-corrected chi connectivity index (χ4v) is 3.47. The second kappa shape index (κ2) is 7.35. The van der Waals surface area contributed by atoms with Gasteiger partial charge in [-0.1, -0.05) is 12.1 Å². The average Bonchev–Trinajstić information content (AvgIpc) is 3.34. The molecule has 3 aromatic rings. The van der Waals surface area contributed by atoms with Crippen LogP contribution in [0.5, 0.6) is 0 Å². The van der Waals surface area contributed by atoms with Crippen molar-refractivity contribution in [2.45, 2.75) is 0 Å². The van der Waals surface area contributed by atoms with Gasteiger partial charge in [0.05, 0.1) is 12.2 Å². The van der Waals surface area contributed by atoms with Crippen LogP contribution in [0.4, 0.5) is 19.3 Å². The molecule has 1 aliphatic heterocycles. The Balaban J connectivity index is 1.53. The Morgan fingerprint density at radius 2 is 2.07 bits per heavy atom. The van der Waals surface area contributed by atoms with Crippen LogP contribution >= 0.6 is 11.3 Å². The normalized spacial score (nSPS) is 13.5. The second-order valence-corrected chi connectivity index (χ2v) is 6.96. The van der Waals surface area contributed by atoms with Crippen molar-refractivity contribution in [3.05, 3.63) is 71.5 Å². The van der Waals surface area contributed by atoms with Gasteiger partial charge in [-0.2, -0.15) is 5.10 Å². The molecule has 0 spiro atoms. The molecule has 1 N–H and O–H groups in total. The van der Waals surface area contributed by atoms with Crippen LogP contribution in [0.15, 0.2) is 54.2 Å². The minimum Gasteiger partial charge on any atom is -0.302 e. The van der Waals surface area contributed by atoms with E-state index in [9.17, 15) is 13.6 Å². The summed E-state index contributed by atoms with van der Waals surface area (Å²) in [6.07, 6.45) is 6.84. The lowest BCUT2D eigenvalue weighted by Crippen LogP contribution is -2.33. The maximum atomic E-state index is 13.8. The first-order valence-electron chi connectivity index (χ1n) is 8.36. The third-order valence-corrected chi connectivity index (χ3v) is 5.02. The fourth-order valence-electron chi connectivity index (χ4n) is 2.88. The second-order valence-electron chi connectivity index (χ2n) is 6.06. The van der Waals surface area contributed by atoms with Gasteiger partial charge < -0.3 is 5.32 Å². The minimum atomic E-state index is -0.829. The molecule has 0 atom stereocenters. The zero-order valence-electron chi connectivity index (χ0n) is 14.8. The molecule has 0 saturated carbocycles. The Morgan fingerprint density at radius 3 is 2.79 bits per heavy atom. The largest absolute Gasteiger partial charge is 0.326 e. The van der Waals surface area contributed by atoms with Gasteiger partial charge in [-0.25, -0.2) is 18.6 Å². The van der Waals surface area contributed by atoms with E-state index in [1.807, 2.05) is 24.6 Å². The number of urea groups is 1. The molecule has 28 heavy (non-hydrogen) atoms. The Kier molecular flexibility index (Phi) is 4.74. The van der Waals surface area contributed by atoms with Gasteiger partial charge in [0.25, 0.3) is 0 Å². The number of nitrogens with zero attached hydrogens (tertiary/aromatic N) is 4. The van der Waals surface area contributed by atoms with Gasteiger partial charge in [0.2, 0.25) is 0 Å². The topological polar surface area (TPSA) is 63.1 Å². The van der Waals surface area contributed by atoms with E-state index in [0.29, 0.717) is 0 Å². The van der Waals surface area contributed by atoms with E-state index in [0.717, 1.165) is 34.1 Å². The van der Waals surface area contributed by atoms with Crippen LogP contribution in [0.2, 0.25) is 0 Å². The third-order valence-electron chi connectivity index (χ3n) is 4.22. The standard InChI is InChI=1S/C19H15F2N5OS/c1-25-16(10-15(24-25)18-22-7-9-28-18)12-4-3-8-26(11-12)19(27)23-17-13(20)5-2-6-14(17)21/h2-10H,11H2,1H3,(H,23,27). The van der Waals surface area contributed by atoms with Gasteiger partial charge in [0.15, 0.2) is 0 Å². The van der Waals surface area contributed by atoms with E-state index in [2.05, 4.69) is 15.4 Å². The summed E-state index contributed by atoms with van der Waals surface area (Å²) in [5, 5.41) is 9.44. The Labute approximate surface area is 163 Å². The smallest absolute Gasteiger partial charge is 0.302 e. The number of benzene rings is 1. The number of nitrogens with one attached hydrogen (secondary N) is 1. The van der Waals surface area contributed by atoms with Crippen molar-refractivity contribution < 1.29 is 13.6 Å². The number of carbonyl (C=O) groups excluding carboxylic acids is 1. The van der Waals surface area contributed by atoms with Crippen LogP contribution in [0.1, 0.15) is 5.69 Å². The molecule has 4 rings (SSSR count). The Bertz CT molecular complexity index is 1070. The van der Waals surface area contributed by atoms with E-state index in [-0.39, 0.29) is 6.54 Å². The number of hydrogen-bond donors (Lipinski definition) is 1. The first-order chi connectivity index (χ1) is 13.5. The number of amides is 2. The highest BCUT2D eigenvalue weighted by atomic mass is 32.1. The highest BCUT2D eigenvalue weighted by Gasteiger charge is 2.21. The molecule has 3 heterocycles. The van der Waals surface area contributed by atoms with Gasteiger partial charge >= 0.3 is 6.03 Å². The zero-order valence-corrected chi connectivity index (χ0v) is 15.6. The van der Waals surface area contributed by atoms with Crippen molar-refractivity contribution in [1.29, 1.82) is 0 Å². The lowest BCUT2D eigenvalue weighted by atomic mass is 10.1. The predicted octanol–water partition coefficient (Wildman–Crippen LogP) is 4.27. The first-order valence-corrected chi connectivity index (χ1v) is 9.24. The van der Waals surface area contributed by atoms with Gasteiger partial charge in [-0.05, 0) is 29.8 Å². The molecular weight excluding hydrogens is 384 g/mol. The molecule has 142 valence electrons. The number of anilines is 1. The predicted molar refractivity (Wildman–Crippen MR) is 104 cm³/mol. The molecule has 0 fully saturated rings. The molecule has 0 radical (unpaired) electrons. The van der Waals surface area contributed by atoms with Gasteiger partial charge in [-0.15, -0.1) is 11.3 Å². The number of halogens is 2. The monoisotopic (exact) mass is 399 g/mol. The Morgan fingerprint density at radius 1 is 1.29 bits per heavy atom. The third kappa shape index (κ3) is 3.44. The highest BCUT2D eigenvalue weighted by molar-refractivity contribution is 7.13. The number of hydrogen-bond acceptors (Lipinski definition) is 4. The van der Waals surface area contributed by atoms with Gasteiger partial charge in [0, 0.05) is 24.8 Å².